The maximum absolute atomic E-state index is 11.9. The predicted molar refractivity (Wildman–Crippen MR) is 172 cm³/mol. The lowest BCUT2D eigenvalue weighted by molar-refractivity contribution is -0.155. The monoisotopic (exact) mass is 567 g/mol. The van der Waals surface area contributed by atoms with Gasteiger partial charge in [0.25, 0.3) is 0 Å². The number of ether oxygens (including phenoxy) is 2. The molecule has 40 heavy (non-hydrogen) atoms. The predicted octanol–water partition coefficient (Wildman–Crippen LogP) is 11.8. The summed E-state index contributed by atoms with van der Waals surface area (Å²) < 4.78 is 10.8. The van der Waals surface area contributed by atoms with Crippen LogP contribution in [0.25, 0.3) is 0 Å². The van der Waals surface area contributed by atoms with E-state index in [-0.39, 0.29) is 17.5 Å². The van der Waals surface area contributed by atoms with Crippen molar-refractivity contribution in [3.63, 3.8) is 0 Å². The molecule has 0 aromatic heterocycles. The summed E-state index contributed by atoms with van der Waals surface area (Å²) in [5.41, 5.74) is -0.363. The number of hydrogen-bond donors (Lipinski definition) is 0. The van der Waals surface area contributed by atoms with Crippen molar-refractivity contribution < 1.29 is 19.1 Å². The standard InChI is InChI=1S/C36H70O4/c1-5-6-7-8-9-10-11-18-21-24-27-30-33-39-34(37)31-28-25-22-19-16-14-12-13-15-17-20-23-26-29-32-35(38)40-36(2,3)4/h5-33H2,1-4H3. The molecule has 0 aliphatic carbocycles. The van der Waals surface area contributed by atoms with E-state index in [1.165, 1.54) is 135 Å². The second-order valence-electron chi connectivity index (χ2n) is 13.1. The van der Waals surface area contributed by atoms with E-state index in [4.69, 9.17) is 9.47 Å². The topological polar surface area (TPSA) is 52.6 Å². The Balaban J connectivity index is 3.21. The van der Waals surface area contributed by atoms with Crippen LogP contribution < -0.4 is 0 Å². The molecule has 0 rings (SSSR count). The van der Waals surface area contributed by atoms with Gasteiger partial charge in [0, 0.05) is 12.8 Å². The molecular weight excluding hydrogens is 496 g/mol. The Morgan fingerprint density at radius 2 is 0.725 bits per heavy atom. The molecule has 0 aliphatic rings. The fourth-order valence-corrected chi connectivity index (χ4v) is 5.25. The molecule has 0 aromatic rings. The van der Waals surface area contributed by atoms with Crippen LogP contribution in [0.1, 0.15) is 207 Å². The van der Waals surface area contributed by atoms with Gasteiger partial charge in [-0.1, -0.05) is 155 Å². The SMILES string of the molecule is CCCCCCCCCCCCCCOC(=O)CCCCCCCCCCCCCCCCC(=O)OC(C)(C)C. The number of esters is 2. The van der Waals surface area contributed by atoms with Crippen molar-refractivity contribution in [3.05, 3.63) is 0 Å². The van der Waals surface area contributed by atoms with Crippen molar-refractivity contribution in [3.8, 4) is 0 Å². The molecule has 0 saturated heterocycles. The van der Waals surface area contributed by atoms with Crippen molar-refractivity contribution in [2.24, 2.45) is 0 Å². The zero-order chi connectivity index (χ0) is 29.6. The molecule has 0 unspecified atom stereocenters. The fraction of sp³-hybridized carbons (Fsp3) is 0.944. The van der Waals surface area contributed by atoms with E-state index in [9.17, 15) is 9.59 Å². The second-order valence-corrected chi connectivity index (χ2v) is 13.1. The number of hydrogen-bond acceptors (Lipinski definition) is 4. The van der Waals surface area contributed by atoms with E-state index in [1.54, 1.807) is 0 Å². The van der Waals surface area contributed by atoms with Crippen LogP contribution in [0.15, 0.2) is 0 Å². The lowest BCUT2D eigenvalue weighted by atomic mass is 10.0. The van der Waals surface area contributed by atoms with Crippen LogP contribution in [0.3, 0.4) is 0 Å². The number of unbranched alkanes of at least 4 members (excludes halogenated alkanes) is 24. The van der Waals surface area contributed by atoms with Gasteiger partial charge < -0.3 is 9.47 Å². The third kappa shape index (κ3) is 33.1. The van der Waals surface area contributed by atoms with E-state index in [0.717, 1.165) is 32.1 Å². The molecule has 0 bridgehead atoms. The summed E-state index contributed by atoms with van der Waals surface area (Å²) in [6.07, 6.45) is 34.5. The Morgan fingerprint density at radius 1 is 0.425 bits per heavy atom. The molecule has 4 nitrogen and oxygen atoms in total. The molecule has 0 aromatic carbocycles. The molecule has 4 heteroatoms. The third-order valence-electron chi connectivity index (χ3n) is 7.69. The fourth-order valence-electron chi connectivity index (χ4n) is 5.25. The Bertz CT molecular complexity index is 551. The Kier molecular flexibility index (Phi) is 28.7. The van der Waals surface area contributed by atoms with Gasteiger partial charge in [-0.3, -0.25) is 9.59 Å². The van der Waals surface area contributed by atoms with Gasteiger partial charge in [0.15, 0.2) is 0 Å². The van der Waals surface area contributed by atoms with Crippen LogP contribution >= 0.6 is 0 Å². The van der Waals surface area contributed by atoms with Crippen molar-refractivity contribution in [2.75, 3.05) is 6.61 Å². The van der Waals surface area contributed by atoms with E-state index in [0.29, 0.717) is 19.4 Å². The minimum Gasteiger partial charge on any atom is -0.466 e. The normalized spacial score (nSPS) is 11.6. The molecule has 0 fully saturated rings. The van der Waals surface area contributed by atoms with Crippen molar-refractivity contribution in [2.45, 2.75) is 213 Å². The molecule has 0 saturated carbocycles. The van der Waals surface area contributed by atoms with Crippen molar-refractivity contribution >= 4 is 11.9 Å². The van der Waals surface area contributed by atoms with Gasteiger partial charge in [-0.15, -0.1) is 0 Å². The number of carbonyl (C=O) groups is 2. The number of rotatable bonds is 30. The van der Waals surface area contributed by atoms with Crippen LogP contribution in [-0.2, 0) is 19.1 Å². The zero-order valence-electron chi connectivity index (χ0n) is 27.6. The molecule has 0 N–H and O–H groups in total. The highest BCUT2D eigenvalue weighted by Crippen LogP contribution is 2.16. The van der Waals surface area contributed by atoms with E-state index < -0.39 is 0 Å². The minimum atomic E-state index is -0.363. The van der Waals surface area contributed by atoms with E-state index in [2.05, 4.69) is 6.92 Å². The first-order chi connectivity index (χ1) is 19.3. The highest BCUT2D eigenvalue weighted by molar-refractivity contribution is 5.69. The third-order valence-corrected chi connectivity index (χ3v) is 7.69. The highest BCUT2D eigenvalue weighted by atomic mass is 16.6. The zero-order valence-corrected chi connectivity index (χ0v) is 27.6. The lowest BCUT2D eigenvalue weighted by Crippen LogP contribution is -2.23. The van der Waals surface area contributed by atoms with Crippen LogP contribution in [0.5, 0.6) is 0 Å². The first-order valence-corrected chi connectivity index (χ1v) is 17.7. The average Bonchev–Trinajstić information content (AvgIpc) is 2.90. The molecule has 238 valence electrons. The van der Waals surface area contributed by atoms with Crippen molar-refractivity contribution in [1.29, 1.82) is 0 Å². The molecular formula is C36H70O4. The van der Waals surface area contributed by atoms with Gasteiger partial charge in [-0.2, -0.15) is 0 Å². The van der Waals surface area contributed by atoms with Crippen LogP contribution in [0.2, 0.25) is 0 Å². The molecule has 0 aliphatic heterocycles. The summed E-state index contributed by atoms with van der Waals surface area (Å²) in [7, 11) is 0. The maximum Gasteiger partial charge on any atom is 0.306 e. The van der Waals surface area contributed by atoms with Crippen LogP contribution in [-0.4, -0.2) is 24.1 Å². The summed E-state index contributed by atoms with van der Waals surface area (Å²) in [5.74, 6) is -0.0543. The van der Waals surface area contributed by atoms with Gasteiger partial charge in [0.05, 0.1) is 6.61 Å². The quantitative estimate of drug-likeness (QED) is 0.0641. The average molecular weight is 567 g/mol. The van der Waals surface area contributed by atoms with Gasteiger partial charge in [-0.05, 0) is 40.0 Å². The second kappa shape index (κ2) is 29.4. The first-order valence-electron chi connectivity index (χ1n) is 17.7. The van der Waals surface area contributed by atoms with E-state index in [1.807, 2.05) is 20.8 Å². The van der Waals surface area contributed by atoms with E-state index >= 15 is 0 Å². The van der Waals surface area contributed by atoms with Gasteiger partial charge in [0.2, 0.25) is 0 Å². The van der Waals surface area contributed by atoms with Gasteiger partial charge in [-0.25, -0.2) is 0 Å². The molecule has 0 atom stereocenters. The van der Waals surface area contributed by atoms with Crippen molar-refractivity contribution in [1.82, 2.24) is 0 Å². The maximum atomic E-state index is 11.9. The molecule has 0 heterocycles. The molecule has 0 amide bonds. The summed E-state index contributed by atoms with van der Waals surface area (Å²) in [6.45, 7) is 8.66. The molecule has 0 radical (unpaired) electrons. The van der Waals surface area contributed by atoms with Crippen LogP contribution in [0.4, 0.5) is 0 Å². The number of carbonyl (C=O) groups excluding carboxylic acids is 2. The lowest BCUT2D eigenvalue weighted by Gasteiger charge is -2.19. The first kappa shape index (κ1) is 38.9. The van der Waals surface area contributed by atoms with Gasteiger partial charge >= 0.3 is 11.9 Å². The molecule has 0 spiro atoms. The summed E-state index contributed by atoms with van der Waals surface area (Å²) in [5, 5.41) is 0. The summed E-state index contributed by atoms with van der Waals surface area (Å²) in [4.78, 5) is 23.6. The smallest absolute Gasteiger partial charge is 0.306 e. The highest BCUT2D eigenvalue weighted by Gasteiger charge is 2.15. The Hall–Kier alpha value is -1.06. The Labute approximate surface area is 250 Å². The van der Waals surface area contributed by atoms with Gasteiger partial charge in [0.1, 0.15) is 5.60 Å². The Morgan fingerprint density at radius 3 is 1.07 bits per heavy atom. The van der Waals surface area contributed by atoms with Crippen LogP contribution in [0, 0.1) is 0 Å². The largest absolute Gasteiger partial charge is 0.466 e. The minimum absolute atomic E-state index is 0.00566. The summed E-state index contributed by atoms with van der Waals surface area (Å²) in [6, 6.07) is 0. The summed E-state index contributed by atoms with van der Waals surface area (Å²) >= 11 is 0.